The minimum absolute atomic E-state index is 0.361. The van der Waals surface area contributed by atoms with Gasteiger partial charge in [-0.15, -0.1) is 0 Å². The molecule has 1 aliphatic heterocycles. The minimum atomic E-state index is -4.50. The van der Waals surface area contributed by atoms with Gasteiger partial charge in [0.05, 0.1) is 0 Å². The summed E-state index contributed by atoms with van der Waals surface area (Å²) in [5, 5.41) is 12.4. The number of alkyl halides is 3. The molecule has 0 bridgehead atoms. The maximum atomic E-state index is 12.4. The molecule has 1 heterocycles. The van der Waals surface area contributed by atoms with E-state index in [-0.39, 0.29) is 0 Å². The monoisotopic (exact) mass is 275 g/mol. The van der Waals surface area contributed by atoms with E-state index in [0.29, 0.717) is 16.2 Å². The van der Waals surface area contributed by atoms with Crippen LogP contribution in [0.1, 0.15) is 5.56 Å². The van der Waals surface area contributed by atoms with Crippen LogP contribution in [0.4, 0.5) is 13.2 Å². The van der Waals surface area contributed by atoms with Gasteiger partial charge in [-0.05, 0) is 23.8 Å². The van der Waals surface area contributed by atoms with Crippen molar-refractivity contribution in [2.75, 3.05) is 0 Å². The molecular weight excluding hydrogens is 267 g/mol. The van der Waals surface area contributed by atoms with Crippen molar-refractivity contribution in [3.8, 4) is 0 Å². The van der Waals surface area contributed by atoms with E-state index < -0.39 is 18.0 Å². The van der Waals surface area contributed by atoms with Gasteiger partial charge < -0.3 is 10.4 Å². The van der Waals surface area contributed by atoms with Crippen LogP contribution in [-0.2, 0) is 0 Å². The van der Waals surface area contributed by atoms with Crippen LogP contribution in [0.2, 0.25) is 5.02 Å². The molecule has 1 atom stereocenters. The van der Waals surface area contributed by atoms with Gasteiger partial charge in [0.15, 0.2) is 0 Å². The van der Waals surface area contributed by atoms with Crippen LogP contribution in [0.3, 0.4) is 0 Å². The number of hydrogen-bond donors (Lipinski definition) is 2. The molecule has 18 heavy (non-hydrogen) atoms. The number of nitrogens with one attached hydrogen (secondary N) is 1. The van der Waals surface area contributed by atoms with E-state index in [9.17, 15) is 18.3 Å². The molecule has 0 spiro atoms. The second-order valence-electron chi connectivity index (χ2n) is 3.77. The van der Waals surface area contributed by atoms with Crippen molar-refractivity contribution in [1.82, 2.24) is 5.32 Å². The lowest BCUT2D eigenvalue weighted by Crippen LogP contribution is -2.29. The SMILES string of the molecule is O[C@H]1C=C(C(F)(F)F)NC=C1c1ccc(Cl)cc1. The fourth-order valence-electron chi connectivity index (χ4n) is 1.61. The van der Waals surface area contributed by atoms with E-state index in [4.69, 9.17) is 11.6 Å². The Balaban J connectivity index is 2.24. The van der Waals surface area contributed by atoms with Crippen LogP contribution < -0.4 is 5.32 Å². The zero-order valence-corrected chi connectivity index (χ0v) is 9.76. The second kappa shape index (κ2) is 4.66. The van der Waals surface area contributed by atoms with Gasteiger partial charge in [0.25, 0.3) is 0 Å². The zero-order chi connectivity index (χ0) is 13.3. The third-order valence-corrected chi connectivity index (χ3v) is 2.76. The predicted octanol–water partition coefficient (Wildman–Crippen LogP) is 3.09. The van der Waals surface area contributed by atoms with Crippen molar-refractivity contribution >= 4 is 17.2 Å². The third-order valence-electron chi connectivity index (χ3n) is 2.51. The molecule has 1 aromatic carbocycles. The van der Waals surface area contributed by atoms with Crippen LogP contribution in [0.15, 0.2) is 42.2 Å². The Bertz CT molecular complexity index is 505. The molecule has 0 aromatic heterocycles. The fourth-order valence-corrected chi connectivity index (χ4v) is 1.74. The standard InChI is InChI=1S/C12H9ClF3NO/c13-8-3-1-7(2-4-8)9-6-17-11(5-10(9)18)12(14,15)16/h1-6,10,17-18H/t10-/m0/s1. The average molecular weight is 276 g/mol. The fraction of sp³-hybridized carbons (Fsp3) is 0.167. The molecule has 0 saturated carbocycles. The van der Waals surface area contributed by atoms with Crippen molar-refractivity contribution < 1.29 is 18.3 Å². The molecule has 6 heteroatoms. The smallest absolute Gasteiger partial charge is 0.384 e. The van der Waals surface area contributed by atoms with Gasteiger partial charge in [-0.25, -0.2) is 0 Å². The lowest BCUT2D eigenvalue weighted by atomic mass is 9.98. The Labute approximate surface area is 106 Å². The zero-order valence-electron chi connectivity index (χ0n) is 9.00. The number of dihydropyridines is 1. The first-order valence-corrected chi connectivity index (χ1v) is 5.45. The maximum absolute atomic E-state index is 12.4. The summed E-state index contributed by atoms with van der Waals surface area (Å²) in [6.07, 6.45) is -3.91. The molecule has 2 N–H and O–H groups in total. The summed E-state index contributed by atoms with van der Waals surface area (Å²) >= 11 is 5.71. The molecule has 1 aliphatic rings. The number of aliphatic hydroxyl groups excluding tert-OH is 1. The molecule has 0 radical (unpaired) electrons. The van der Waals surface area contributed by atoms with Crippen molar-refractivity contribution in [2.24, 2.45) is 0 Å². The summed E-state index contributed by atoms with van der Waals surface area (Å²) < 4.78 is 37.2. The summed E-state index contributed by atoms with van der Waals surface area (Å²) in [7, 11) is 0. The van der Waals surface area contributed by atoms with Crippen molar-refractivity contribution in [3.05, 3.63) is 52.8 Å². The molecule has 0 unspecified atom stereocenters. The number of aliphatic hydroxyl groups is 1. The van der Waals surface area contributed by atoms with E-state index >= 15 is 0 Å². The second-order valence-corrected chi connectivity index (χ2v) is 4.21. The molecule has 2 nitrogen and oxygen atoms in total. The number of halogens is 4. The highest BCUT2D eigenvalue weighted by molar-refractivity contribution is 6.30. The molecule has 0 aliphatic carbocycles. The summed E-state index contributed by atoms with van der Waals surface area (Å²) in [4.78, 5) is 0. The highest BCUT2D eigenvalue weighted by Crippen LogP contribution is 2.30. The Morgan fingerprint density at radius 2 is 1.78 bits per heavy atom. The van der Waals surface area contributed by atoms with Gasteiger partial charge in [-0.2, -0.15) is 13.2 Å². The van der Waals surface area contributed by atoms with E-state index in [2.05, 4.69) is 5.32 Å². The Morgan fingerprint density at radius 1 is 1.17 bits per heavy atom. The first-order valence-electron chi connectivity index (χ1n) is 5.07. The lowest BCUT2D eigenvalue weighted by Gasteiger charge is -2.22. The Kier molecular flexibility index (Phi) is 3.36. The summed E-state index contributed by atoms with van der Waals surface area (Å²) in [6, 6.07) is 6.47. The van der Waals surface area contributed by atoms with Crippen molar-refractivity contribution in [2.45, 2.75) is 12.3 Å². The van der Waals surface area contributed by atoms with Gasteiger partial charge in [-0.3, -0.25) is 0 Å². The van der Waals surface area contributed by atoms with Gasteiger partial charge in [0.1, 0.15) is 11.8 Å². The topological polar surface area (TPSA) is 32.3 Å². The van der Waals surface area contributed by atoms with Crippen LogP contribution >= 0.6 is 11.6 Å². The summed E-state index contributed by atoms with van der Waals surface area (Å²) in [5.74, 6) is 0. The predicted molar refractivity (Wildman–Crippen MR) is 62.7 cm³/mol. The maximum Gasteiger partial charge on any atom is 0.431 e. The summed E-state index contributed by atoms with van der Waals surface area (Å²) in [5.41, 5.74) is 0.00394. The van der Waals surface area contributed by atoms with Crippen LogP contribution in [0.5, 0.6) is 0 Å². The van der Waals surface area contributed by atoms with Crippen LogP contribution in [-0.4, -0.2) is 17.4 Å². The van der Waals surface area contributed by atoms with E-state index in [1.54, 1.807) is 24.3 Å². The highest BCUT2D eigenvalue weighted by atomic mass is 35.5. The molecule has 0 fully saturated rings. The number of rotatable bonds is 1. The largest absolute Gasteiger partial charge is 0.431 e. The van der Waals surface area contributed by atoms with Gasteiger partial charge in [0, 0.05) is 16.8 Å². The van der Waals surface area contributed by atoms with E-state index in [0.717, 1.165) is 12.3 Å². The van der Waals surface area contributed by atoms with Crippen LogP contribution in [0, 0.1) is 0 Å². The van der Waals surface area contributed by atoms with E-state index in [1.807, 2.05) is 0 Å². The number of benzene rings is 1. The molecule has 0 amide bonds. The normalized spacial score (nSPS) is 19.9. The quantitative estimate of drug-likeness (QED) is 0.825. The Hall–Kier alpha value is -1.46. The molecule has 0 saturated heterocycles. The van der Waals surface area contributed by atoms with Crippen LogP contribution in [0.25, 0.3) is 5.57 Å². The average Bonchev–Trinajstić information content (AvgIpc) is 2.29. The van der Waals surface area contributed by atoms with Gasteiger partial charge in [-0.1, -0.05) is 23.7 Å². The van der Waals surface area contributed by atoms with Crippen molar-refractivity contribution in [1.29, 1.82) is 0 Å². The molecule has 1 aromatic rings. The van der Waals surface area contributed by atoms with Crippen molar-refractivity contribution in [3.63, 3.8) is 0 Å². The van der Waals surface area contributed by atoms with Gasteiger partial charge >= 0.3 is 6.18 Å². The van der Waals surface area contributed by atoms with E-state index in [1.165, 1.54) is 0 Å². The molecule has 2 rings (SSSR count). The Morgan fingerprint density at radius 3 is 2.28 bits per heavy atom. The third kappa shape index (κ3) is 2.68. The first-order chi connectivity index (χ1) is 8.38. The summed E-state index contributed by atoms with van der Waals surface area (Å²) in [6.45, 7) is 0. The minimum Gasteiger partial charge on any atom is -0.384 e. The highest BCUT2D eigenvalue weighted by Gasteiger charge is 2.36. The molecule has 96 valence electrons. The lowest BCUT2D eigenvalue weighted by molar-refractivity contribution is -0.0964. The number of hydrogen-bond acceptors (Lipinski definition) is 2. The number of allylic oxidation sites excluding steroid dienone is 1. The van der Waals surface area contributed by atoms with Gasteiger partial charge in [0.2, 0.25) is 0 Å². The first kappa shape index (κ1) is 13.0. The molecular formula is C12H9ClF3NO.